The third-order valence-electron chi connectivity index (χ3n) is 6.62. The Morgan fingerprint density at radius 3 is 2.28 bits per heavy atom. The fourth-order valence-corrected chi connectivity index (χ4v) is 6.27. The summed E-state index contributed by atoms with van der Waals surface area (Å²) in [6, 6.07) is 30.3. The minimum Gasteiger partial charge on any atom is -0.308 e. The number of benzene rings is 4. The van der Waals surface area contributed by atoms with Crippen molar-refractivity contribution in [2.75, 3.05) is 0 Å². The van der Waals surface area contributed by atoms with Crippen molar-refractivity contribution in [2.24, 2.45) is 0 Å². The van der Waals surface area contributed by atoms with Gasteiger partial charge in [0.15, 0.2) is 5.82 Å². The molecule has 32 heavy (non-hydrogen) atoms. The molecule has 3 nitrogen and oxygen atoms in total. The number of para-hydroxylation sites is 2. The Labute approximate surface area is 186 Å². The van der Waals surface area contributed by atoms with Crippen LogP contribution >= 0.6 is 11.3 Å². The Morgan fingerprint density at radius 1 is 0.625 bits per heavy atom. The van der Waals surface area contributed by atoms with E-state index in [0.717, 1.165) is 21.6 Å². The van der Waals surface area contributed by atoms with E-state index in [1.54, 1.807) is 11.3 Å². The topological polar surface area (TPSA) is 30.2 Å². The molecular formula is C28H15N3S. The first kappa shape index (κ1) is 16.6. The molecule has 0 aliphatic carbocycles. The summed E-state index contributed by atoms with van der Waals surface area (Å²) in [5.41, 5.74) is 4.78. The molecule has 4 aromatic carbocycles. The Kier molecular flexibility index (Phi) is 3.02. The van der Waals surface area contributed by atoms with Gasteiger partial charge in [-0.25, -0.2) is 9.97 Å². The Balaban J connectivity index is 1.45. The molecule has 8 rings (SSSR count). The lowest BCUT2D eigenvalue weighted by atomic mass is 10.1. The molecule has 0 saturated heterocycles. The van der Waals surface area contributed by atoms with Crippen molar-refractivity contribution in [1.82, 2.24) is 14.4 Å². The average molecular weight is 426 g/mol. The minimum atomic E-state index is 0.774. The molecular weight excluding hydrogens is 410 g/mol. The van der Waals surface area contributed by atoms with Gasteiger partial charge in [0.1, 0.15) is 4.83 Å². The van der Waals surface area contributed by atoms with Gasteiger partial charge < -0.3 is 4.40 Å². The van der Waals surface area contributed by atoms with Crippen molar-refractivity contribution in [3.8, 4) is 11.4 Å². The molecule has 148 valence electrons. The predicted molar refractivity (Wildman–Crippen MR) is 135 cm³/mol. The van der Waals surface area contributed by atoms with Crippen LogP contribution in [-0.2, 0) is 0 Å². The lowest BCUT2D eigenvalue weighted by molar-refractivity contribution is 1.24. The first-order valence-corrected chi connectivity index (χ1v) is 11.5. The number of fused-ring (bicyclic) bond motifs is 9. The van der Waals surface area contributed by atoms with Gasteiger partial charge in [-0.3, -0.25) is 0 Å². The van der Waals surface area contributed by atoms with E-state index in [1.807, 2.05) is 6.20 Å². The van der Waals surface area contributed by atoms with Crippen LogP contribution in [0.2, 0.25) is 0 Å². The highest BCUT2D eigenvalue weighted by molar-refractivity contribution is 7.25. The van der Waals surface area contributed by atoms with E-state index in [9.17, 15) is 0 Å². The molecule has 0 spiro atoms. The van der Waals surface area contributed by atoms with Crippen molar-refractivity contribution in [3.05, 3.63) is 91.1 Å². The van der Waals surface area contributed by atoms with Gasteiger partial charge in [-0.15, -0.1) is 11.3 Å². The molecule has 0 N–H and O–H groups in total. The van der Waals surface area contributed by atoms with Gasteiger partial charge in [-0.2, -0.15) is 0 Å². The number of hydrogen-bond donors (Lipinski definition) is 0. The van der Waals surface area contributed by atoms with Gasteiger partial charge in [0.05, 0.1) is 16.6 Å². The van der Waals surface area contributed by atoms with Gasteiger partial charge in [-0.1, -0.05) is 66.7 Å². The Bertz CT molecular complexity index is 1990. The quantitative estimate of drug-likeness (QED) is 0.270. The Hall–Kier alpha value is -4.02. The molecule has 0 saturated carbocycles. The third kappa shape index (κ3) is 2.00. The second-order valence-electron chi connectivity index (χ2n) is 8.30. The van der Waals surface area contributed by atoms with Gasteiger partial charge >= 0.3 is 0 Å². The maximum Gasteiger partial charge on any atom is 0.160 e. The average Bonchev–Trinajstić information content (AvgIpc) is 3.50. The predicted octanol–water partition coefficient (Wildman–Crippen LogP) is 7.66. The summed E-state index contributed by atoms with van der Waals surface area (Å²) in [5.74, 6) is 0.774. The Morgan fingerprint density at radius 2 is 1.38 bits per heavy atom. The summed E-state index contributed by atoms with van der Waals surface area (Å²) in [7, 11) is 0. The molecule has 0 fully saturated rings. The second kappa shape index (κ2) is 5.81. The van der Waals surface area contributed by atoms with E-state index in [2.05, 4.69) is 89.3 Å². The standard InChI is InChI=1S/C28H15N3S/c1-3-10-23-17(6-1)20-8-5-9-21-18-13-12-16(14-24(18)31(23)26(20)21)27-29-15-22-19-7-2-4-11-25(19)32-28(22)30-27/h1-15H. The summed E-state index contributed by atoms with van der Waals surface area (Å²) in [4.78, 5) is 10.7. The molecule has 0 aliphatic heterocycles. The summed E-state index contributed by atoms with van der Waals surface area (Å²) < 4.78 is 3.65. The van der Waals surface area contributed by atoms with Crippen LogP contribution in [0.3, 0.4) is 0 Å². The van der Waals surface area contributed by atoms with Crippen molar-refractivity contribution in [2.45, 2.75) is 0 Å². The maximum absolute atomic E-state index is 4.95. The molecule has 0 radical (unpaired) electrons. The van der Waals surface area contributed by atoms with Crippen LogP contribution in [0.15, 0.2) is 91.1 Å². The van der Waals surface area contributed by atoms with Gasteiger partial charge in [0.25, 0.3) is 0 Å². The fraction of sp³-hybridized carbons (Fsp3) is 0. The van der Waals surface area contributed by atoms with E-state index in [4.69, 9.17) is 9.97 Å². The van der Waals surface area contributed by atoms with Crippen LogP contribution in [-0.4, -0.2) is 14.4 Å². The first-order valence-electron chi connectivity index (χ1n) is 10.7. The SMILES string of the molecule is c1ccc2c(c1)sc1nc(-c3ccc4c5cccc6c7ccccc7n(c4c3)c65)ncc12. The third-order valence-corrected chi connectivity index (χ3v) is 7.70. The van der Waals surface area contributed by atoms with Crippen LogP contribution in [0.1, 0.15) is 0 Å². The number of hydrogen-bond acceptors (Lipinski definition) is 3. The molecule has 0 bridgehead atoms. The molecule has 0 amide bonds. The lowest BCUT2D eigenvalue weighted by Crippen LogP contribution is -1.89. The summed E-state index contributed by atoms with van der Waals surface area (Å²) in [6.07, 6.45) is 1.97. The van der Waals surface area contributed by atoms with Crippen LogP contribution in [0.4, 0.5) is 0 Å². The molecule has 0 atom stereocenters. The van der Waals surface area contributed by atoms with Crippen LogP contribution in [0.25, 0.3) is 69.8 Å². The van der Waals surface area contributed by atoms with E-state index in [1.165, 1.54) is 48.2 Å². The zero-order valence-corrected chi connectivity index (χ0v) is 17.7. The lowest BCUT2D eigenvalue weighted by Gasteiger charge is -2.03. The van der Waals surface area contributed by atoms with Crippen molar-refractivity contribution >= 4 is 69.7 Å². The number of nitrogens with zero attached hydrogens (tertiary/aromatic N) is 3. The van der Waals surface area contributed by atoms with Gasteiger partial charge in [-0.05, 0) is 18.2 Å². The highest BCUT2D eigenvalue weighted by Gasteiger charge is 2.18. The van der Waals surface area contributed by atoms with E-state index in [-0.39, 0.29) is 0 Å². The summed E-state index contributed by atoms with van der Waals surface area (Å²) in [5, 5.41) is 7.51. The van der Waals surface area contributed by atoms with E-state index >= 15 is 0 Å². The zero-order valence-electron chi connectivity index (χ0n) is 16.9. The number of thiophene rings is 1. The second-order valence-corrected chi connectivity index (χ2v) is 9.33. The van der Waals surface area contributed by atoms with Crippen LogP contribution in [0, 0.1) is 0 Å². The van der Waals surface area contributed by atoms with Crippen LogP contribution in [0.5, 0.6) is 0 Å². The molecule has 4 heteroatoms. The fourth-order valence-electron chi connectivity index (χ4n) is 5.22. The highest BCUT2D eigenvalue weighted by atomic mass is 32.1. The molecule has 0 unspecified atom stereocenters. The van der Waals surface area contributed by atoms with Crippen molar-refractivity contribution in [1.29, 1.82) is 0 Å². The van der Waals surface area contributed by atoms with Gasteiger partial charge in [0.2, 0.25) is 0 Å². The van der Waals surface area contributed by atoms with E-state index < -0.39 is 0 Å². The number of aromatic nitrogens is 3. The minimum absolute atomic E-state index is 0.774. The first-order chi connectivity index (χ1) is 15.9. The zero-order chi connectivity index (χ0) is 20.8. The number of rotatable bonds is 1. The molecule has 4 heterocycles. The summed E-state index contributed by atoms with van der Waals surface area (Å²) >= 11 is 1.73. The van der Waals surface area contributed by atoms with Crippen LogP contribution < -0.4 is 0 Å². The summed E-state index contributed by atoms with van der Waals surface area (Å²) in [6.45, 7) is 0. The largest absolute Gasteiger partial charge is 0.308 e. The highest BCUT2D eigenvalue weighted by Crippen LogP contribution is 2.40. The smallest absolute Gasteiger partial charge is 0.160 e. The molecule has 4 aromatic heterocycles. The maximum atomic E-state index is 4.95. The molecule has 8 aromatic rings. The molecule has 0 aliphatic rings. The van der Waals surface area contributed by atoms with Gasteiger partial charge in [0, 0.05) is 48.8 Å². The normalized spacial score (nSPS) is 12.4. The van der Waals surface area contributed by atoms with Crippen molar-refractivity contribution in [3.63, 3.8) is 0 Å². The van der Waals surface area contributed by atoms with Crippen molar-refractivity contribution < 1.29 is 0 Å². The van der Waals surface area contributed by atoms with E-state index in [0.29, 0.717) is 0 Å². The monoisotopic (exact) mass is 425 g/mol.